The third-order valence-corrected chi connectivity index (χ3v) is 5.32. The van der Waals surface area contributed by atoms with Crippen molar-refractivity contribution in [3.05, 3.63) is 92.9 Å². The number of H-pyrrole nitrogens is 1. The molecule has 172 valence electrons. The number of para-hydroxylation sites is 1. The van der Waals surface area contributed by atoms with Crippen LogP contribution in [0.2, 0.25) is 5.02 Å². The number of aromatic amines is 1. The highest BCUT2D eigenvalue weighted by Crippen LogP contribution is 2.20. The standard InChI is InChI=1S/C25H21ClN4O4/c1-2-11-30(14-23-28-20-12-17(26)7-9-19(20)24(31)29-23)25(32)22-10-8-18(34-22)15-33-21-6-4-3-5-16(21)13-27/h3-10,12H,2,11,14-15H2,1H3,(H,28,29,31). The second kappa shape index (κ2) is 10.2. The smallest absolute Gasteiger partial charge is 0.289 e. The molecule has 2 heterocycles. The summed E-state index contributed by atoms with van der Waals surface area (Å²) in [6.07, 6.45) is 0.705. The van der Waals surface area contributed by atoms with Crippen LogP contribution in [0.4, 0.5) is 0 Å². The van der Waals surface area contributed by atoms with E-state index in [1.165, 1.54) is 0 Å². The molecule has 9 heteroatoms. The number of hydrogen-bond donors (Lipinski definition) is 1. The normalized spacial score (nSPS) is 10.7. The Hall–Kier alpha value is -4.09. The molecular weight excluding hydrogens is 456 g/mol. The largest absolute Gasteiger partial charge is 0.484 e. The molecule has 0 atom stereocenters. The first-order valence-corrected chi connectivity index (χ1v) is 11.0. The van der Waals surface area contributed by atoms with Crippen molar-refractivity contribution in [1.82, 2.24) is 14.9 Å². The SMILES string of the molecule is CCCN(Cc1nc2cc(Cl)ccc2c(=O)[nH]1)C(=O)c1ccc(COc2ccccc2C#N)o1. The van der Waals surface area contributed by atoms with Gasteiger partial charge in [-0.3, -0.25) is 9.59 Å². The van der Waals surface area contributed by atoms with E-state index in [1.807, 2.05) is 6.92 Å². The van der Waals surface area contributed by atoms with Crippen molar-refractivity contribution in [2.75, 3.05) is 6.54 Å². The fraction of sp³-hybridized carbons (Fsp3) is 0.200. The van der Waals surface area contributed by atoms with Crippen LogP contribution in [-0.4, -0.2) is 27.3 Å². The first kappa shape index (κ1) is 23.1. The van der Waals surface area contributed by atoms with Gasteiger partial charge in [0.1, 0.15) is 30.0 Å². The van der Waals surface area contributed by atoms with Gasteiger partial charge in [-0.15, -0.1) is 0 Å². The number of aromatic nitrogens is 2. The fourth-order valence-corrected chi connectivity index (χ4v) is 3.67. The summed E-state index contributed by atoms with van der Waals surface area (Å²) in [5, 5.41) is 10.1. The predicted octanol–water partition coefficient (Wildman–Crippen LogP) is 4.67. The Morgan fingerprint density at radius 1 is 1.24 bits per heavy atom. The summed E-state index contributed by atoms with van der Waals surface area (Å²) in [4.78, 5) is 34.3. The average molecular weight is 477 g/mol. The number of nitrogens with one attached hydrogen (secondary N) is 1. The number of ether oxygens (including phenoxy) is 1. The van der Waals surface area contributed by atoms with E-state index in [1.54, 1.807) is 59.5 Å². The lowest BCUT2D eigenvalue weighted by molar-refractivity contribution is 0.0702. The van der Waals surface area contributed by atoms with E-state index < -0.39 is 0 Å². The first-order valence-electron chi connectivity index (χ1n) is 10.7. The lowest BCUT2D eigenvalue weighted by Gasteiger charge is -2.20. The molecule has 0 bridgehead atoms. The minimum atomic E-state index is -0.334. The maximum atomic E-state index is 13.1. The molecular formula is C25H21ClN4O4. The molecule has 0 aliphatic carbocycles. The Bertz CT molecular complexity index is 1440. The highest BCUT2D eigenvalue weighted by molar-refractivity contribution is 6.31. The van der Waals surface area contributed by atoms with E-state index in [9.17, 15) is 14.9 Å². The number of fused-ring (bicyclic) bond motifs is 1. The molecule has 4 aromatic rings. The van der Waals surface area contributed by atoms with E-state index in [-0.39, 0.29) is 30.4 Å². The zero-order valence-corrected chi connectivity index (χ0v) is 19.1. The predicted molar refractivity (Wildman–Crippen MR) is 127 cm³/mol. The summed E-state index contributed by atoms with van der Waals surface area (Å²) >= 11 is 6.04. The summed E-state index contributed by atoms with van der Waals surface area (Å²) in [7, 11) is 0. The summed E-state index contributed by atoms with van der Waals surface area (Å²) < 4.78 is 11.4. The molecule has 1 amide bonds. The van der Waals surface area contributed by atoms with Crippen molar-refractivity contribution in [3.8, 4) is 11.8 Å². The summed E-state index contributed by atoms with van der Waals surface area (Å²) in [6.45, 7) is 2.56. The first-order chi connectivity index (χ1) is 16.5. The maximum Gasteiger partial charge on any atom is 0.289 e. The molecule has 0 saturated heterocycles. The molecule has 0 unspecified atom stereocenters. The number of nitriles is 1. The number of halogens is 1. The van der Waals surface area contributed by atoms with Crippen molar-refractivity contribution in [1.29, 1.82) is 5.26 Å². The average Bonchev–Trinajstić information content (AvgIpc) is 3.31. The topological polar surface area (TPSA) is 112 Å². The van der Waals surface area contributed by atoms with Gasteiger partial charge in [0.05, 0.1) is 23.0 Å². The third kappa shape index (κ3) is 5.11. The number of carbonyl (C=O) groups is 1. The van der Waals surface area contributed by atoms with Gasteiger partial charge in [0.15, 0.2) is 5.76 Å². The van der Waals surface area contributed by atoms with Gasteiger partial charge in [-0.25, -0.2) is 4.98 Å². The van der Waals surface area contributed by atoms with Gasteiger partial charge in [0.2, 0.25) is 0 Å². The Labute approximate surface area is 200 Å². The van der Waals surface area contributed by atoms with Crippen molar-refractivity contribution >= 4 is 28.4 Å². The van der Waals surface area contributed by atoms with Crippen LogP contribution in [0.1, 0.15) is 41.0 Å². The molecule has 0 saturated carbocycles. The van der Waals surface area contributed by atoms with E-state index in [0.717, 1.165) is 0 Å². The van der Waals surface area contributed by atoms with Crippen LogP contribution in [0.3, 0.4) is 0 Å². The van der Waals surface area contributed by atoms with Gasteiger partial charge in [0, 0.05) is 11.6 Å². The highest BCUT2D eigenvalue weighted by atomic mass is 35.5. The van der Waals surface area contributed by atoms with Gasteiger partial charge in [-0.05, 0) is 48.9 Å². The van der Waals surface area contributed by atoms with Crippen LogP contribution in [0.15, 0.2) is 63.8 Å². The molecule has 0 aliphatic rings. The number of rotatable bonds is 8. The van der Waals surface area contributed by atoms with Crippen molar-refractivity contribution in [3.63, 3.8) is 0 Å². The van der Waals surface area contributed by atoms with Crippen LogP contribution in [0.25, 0.3) is 10.9 Å². The van der Waals surface area contributed by atoms with E-state index in [4.69, 9.17) is 20.8 Å². The van der Waals surface area contributed by atoms with Crippen molar-refractivity contribution < 1.29 is 13.9 Å². The number of nitrogens with zero attached hydrogens (tertiary/aromatic N) is 3. The van der Waals surface area contributed by atoms with Gasteiger partial charge < -0.3 is 19.0 Å². The monoisotopic (exact) mass is 476 g/mol. The van der Waals surface area contributed by atoms with Crippen LogP contribution in [-0.2, 0) is 13.2 Å². The number of benzene rings is 2. The number of amides is 1. The quantitative estimate of drug-likeness (QED) is 0.395. The number of hydrogen-bond acceptors (Lipinski definition) is 6. The number of furan rings is 1. The van der Waals surface area contributed by atoms with E-state index in [2.05, 4.69) is 16.0 Å². The summed E-state index contributed by atoms with van der Waals surface area (Å²) in [5.74, 6) is 1.05. The van der Waals surface area contributed by atoms with Crippen LogP contribution < -0.4 is 10.3 Å². The minimum Gasteiger partial charge on any atom is -0.484 e. The maximum absolute atomic E-state index is 13.1. The molecule has 8 nitrogen and oxygen atoms in total. The zero-order valence-electron chi connectivity index (χ0n) is 18.4. The second-order valence-electron chi connectivity index (χ2n) is 7.56. The molecule has 0 spiro atoms. The Morgan fingerprint density at radius 3 is 2.85 bits per heavy atom. The molecule has 34 heavy (non-hydrogen) atoms. The lowest BCUT2D eigenvalue weighted by Crippen LogP contribution is -2.32. The Balaban J connectivity index is 1.50. The Morgan fingerprint density at radius 2 is 2.06 bits per heavy atom. The summed E-state index contributed by atoms with van der Waals surface area (Å²) in [5.41, 5.74) is 0.582. The molecule has 1 N–H and O–H groups in total. The minimum absolute atomic E-state index is 0.0695. The molecule has 4 rings (SSSR count). The Kier molecular flexibility index (Phi) is 6.95. The van der Waals surface area contributed by atoms with Crippen LogP contribution in [0.5, 0.6) is 5.75 Å². The van der Waals surface area contributed by atoms with Crippen molar-refractivity contribution in [2.45, 2.75) is 26.5 Å². The van der Waals surface area contributed by atoms with Crippen LogP contribution in [0, 0.1) is 11.3 Å². The van der Waals surface area contributed by atoms with E-state index in [0.29, 0.717) is 51.8 Å². The molecule has 0 aliphatic heterocycles. The highest BCUT2D eigenvalue weighted by Gasteiger charge is 2.21. The zero-order chi connectivity index (χ0) is 24.1. The van der Waals surface area contributed by atoms with Gasteiger partial charge in [-0.2, -0.15) is 5.26 Å². The van der Waals surface area contributed by atoms with E-state index >= 15 is 0 Å². The van der Waals surface area contributed by atoms with Crippen molar-refractivity contribution in [2.24, 2.45) is 0 Å². The molecule has 2 aromatic heterocycles. The second-order valence-corrected chi connectivity index (χ2v) is 8.00. The molecule has 0 radical (unpaired) electrons. The van der Waals surface area contributed by atoms with Gasteiger partial charge >= 0.3 is 0 Å². The van der Waals surface area contributed by atoms with Gasteiger partial charge in [0.25, 0.3) is 11.5 Å². The molecule has 2 aromatic carbocycles. The van der Waals surface area contributed by atoms with Gasteiger partial charge in [-0.1, -0.05) is 30.7 Å². The van der Waals surface area contributed by atoms with Crippen LogP contribution >= 0.6 is 11.6 Å². The molecule has 0 fully saturated rings. The lowest BCUT2D eigenvalue weighted by atomic mass is 10.2. The fourth-order valence-electron chi connectivity index (χ4n) is 3.50. The third-order valence-electron chi connectivity index (χ3n) is 5.09. The number of carbonyl (C=O) groups excluding carboxylic acids is 1. The summed E-state index contributed by atoms with van der Waals surface area (Å²) in [6, 6.07) is 17.1.